The Morgan fingerprint density at radius 3 is 3.07 bits per heavy atom. The summed E-state index contributed by atoms with van der Waals surface area (Å²) in [4.78, 5) is 8.59. The Morgan fingerprint density at radius 1 is 1.47 bits per heavy atom. The highest BCUT2D eigenvalue weighted by atomic mass is 32.2. The first-order valence-electron chi connectivity index (χ1n) is 5.47. The third-order valence-electron chi connectivity index (χ3n) is 2.69. The molecular formula is C11H17N3S. The molecule has 1 N–H and O–H groups in total. The largest absolute Gasteiger partial charge is 0.316 e. The lowest BCUT2D eigenvalue weighted by molar-refractivity contribution is 0.410. The van der Waals surface area contributed by atoms with E-state index in [1.54, 1.807) is 12.4 Å². The minimum absolute atomic E-state index is 0.796. The predicted octanol–water partition coefficient (Wildman–Crippen LogP) is 1.88. The molecule has 0 radical (unpaired) electrons. The van der Waals surface area contributed by atoms with Gasteiger partial charge in [0, 0.05) is 18.1 Å². The molecule has 1 atom stereocenters. The number of hydrogen-bond acceptors (Lipinski definition) is 4. The average molecular weight is 223 g/mol. The zero-order valence-corrected chi connectivity index (χ0v) is 9.89. The minimum atomic E-state index is 0.796. The molecule has 0 spiro atoms. The van der Waals surface area contributed by atoms with E-state index in [4.69, 9.17) is 0 Å². The first-order chi connectivity index (χ1) is 7.36. The second-order valence-corrected chi connectivity index (χ2v) is 4.98. The lowest BCUT2D eigenvalue weighted by atomic mass is 10.0. The van der Waals surface area contributed by atoms with E-state index in [0.717, 1.165) is 28.9 Å². The van der Waals surface area contributed by atoms with Crippen LogP contribution >= 0.6 is 11.8 Å². The molecule has 0 saturated carbocycles. The van der Waals surface area contributed by atoms with Gasteiger partial charge in [0.25, 0.3) is 0 Å². The van der Waals surface area contributed by atoms with Crippen molar-refractivity contribution in [2.45, 2.75) is 24.8 Å². The number of piperidine rings is 1. The molecule has 0 aliphatic carbocycles. The van der Waals surface area contributed by atoms with Crippen LogP contribution < -0.4 is 5.32 Å². The molecule has 0 amide bonds. The Labute approximate surface area is 95.1 Å². The van der Waals surface area contributed by atoms with Crippen molar-refractivity contribution < 1.29 is 0 Å². The number of hydrogen-bond donors (Lipinski definition) is 1. The summed E-state index contributed by atoms with van der Waals surface area (Å²) in [6, 6.07) is 0. The molecule has 3 nitrogen and oxygen atoms in total. The quantitative estimate of drug-likeness (QED) is 0.794. The van der Waals surface area contributed by atoms with Crippen molar-refractivity contribution in [2.75, 3.05) is 18.8 Å². The first kappa shape index (κ1) is 10.9. The van der Waals surface area contributed by atoms with Crippen LogP contribution in [-0.4, -0.2) is 28.8 Å². The molecule has 1 fully saturated rings. The summed E-state index contributed by atoms with van der Waals surface area (Å²) in [6.45, 7) is 4.37. The second kappa shape index (κ2) is 5.47. The standard InChI is InChI=1S/C11H17N3S/c1-9-11(14-6-5-13-9)15-8-10-3-2-4-12-7-10/h5-6,10,12H,2-4,7-8H2,1H3/t10-/m0/s1. The van der Waals surface area contributed by atoms with Crippen LogP contribution in [0.4, 0.5) is 0 Å². The Bertz CT molecular complexity index is 310. The first-order valence-corrected chi connectivity index (χ1v) is 6.46. The maximum Gasteiger partial charge on any atom is 0.117 e. The van der Waals surface area contributed by atoms with Gasteiger partial charge in [-0.25, -0.2) is 4.98 Å². The minimum Gasteiger partial charge on any atom is -0.316 e. The normalized spacial score (nSPS) is 21.5. The Balaban J connectivity index is 1.84. The maximum absolute atomic E-state index is 4.34. The maximum atomic E-state index is 4.34. The molecule has 2 rings (SSSR count). The number of aryl methyl sites for hydroxylation is 1. The highest BCUT2D eigenvalue weighted by molar-refractivity contribution is 7.99. The summed E-state index contributed by atoms with van der Waals surface area (Å²) in [5.41, 5.74) is 1.05. The topological polar surface area (TPSA) is 37.8 Å². The molecule has 1 saturated heterocycles. The van der Waals surface area contributed by atoms with E-state index >= 15 is 0 Å². The zero-order chi connectivity index (χ0) is 10.5. The molecule has 1 aromatic heterocycles. The van der Waals surface area contributed by atoms with Gasteiger partial charge in [0.1, 0.15) is 5.03 Å². The van der Waals surface area contributed by atoms with Crippen molar-refractivity contribution in [3.63, 3.8) is 0 Å². The highest BCUT2D eigenvalue weighted by Crippen LogP contribution is 2.23. The van der Waals surface area contributed by atoms with Gasteiger partial charge in [-0.2, -0.15) is 0 Å². The van der Waals surface area contributed by atoms with E-state index < -0.39 is 0 Å². The number of nitrogens with one attached hydrogen (secondary N) is 1. The lowest BCUT2D eigenvalue weighted by Crippen LogP contribution is -2.30. The summed E-state index contributed by atoms with van der Waals surface area (Å²) in [7, 11) is 0. The molecule has 15 heavy (non-hydrogen) atoms. The van der Waals surface area contributed by atoms with Gasteiger partial charge in [-0.3, -0.25) is 4.98 Å². The van der Waals surface area contributed by atoms with Crippen LogP contribution in [0.15, 0.2) is 17.4 Å². The smallest absolute Gasteiger partial charge is 0.117 e. The van der Waals surface area contributed by atoms with Gasteiger partial charge in [-0.05, 0) is 38.8 Å². The summed E-state index contributed by atoms with van der Waals surface area (Å²) in [5.74, 6) is 1.96. The van der Waals surface area contributed by atoms with Gasteiger partial charge in [0.05, 0.1) is 5.69 Å². The molecule has 2 heterocycles. The molecule has 0 unspecified atom stereocenters. The van der Waals surface area contributed by atoms with Gasteiger partial charge in [-0.1, -0.05) is 0 Å². The molecule has 1 aliphatic rings. The summed E-state index contributed by atoms with van der Waals surface area (Å²) in [5, 5.41) is 4.52. The Kier molecular flexibility index (Phi) is 3.97. The van der Waals surface area contributed by atoms with Gasteiger partial charge in [0.15, 0.2) is 0 Å². The van der Waals surface area contributed by atoms with Crippen LogP contribution in [0.25, 0.3) is 0 Å². The van der Waals surface area contributed by atoms with Gasteiger partial charge in [-0.15, -0.1) is 11.8 Å². The van der Waals surface area contributed by atoms with Crippen molar-refractivity contribution in [3.05, 3.63) is 18.1 Å². The number of rotatable bonds is 3. The summed E-state index contributed by atoms with van der Waals surface area (Å²) < 4.78 is 0. The third kappa shape index (κ3) is 3.18. The molecular weight excluding hydrogens is 206 g/mol. The monoisotopic (exact) mass is 223 g/mol. The third-order valence-corrected chi connectivity index (χ3v) is 4.00. The van der Waals surface area contributed by atoms with E-state index in [0.29, 0.717) is 0 Å². The van der Waals surface area contributed by atoms with Crippen molar-refractivity contribution in [1.29, 1.82) is 0 Å². The van der Waals surface area contributed by atoms with E-state index in [1.165, 1.54) is 19.4 Å². The number of aromatic nitrogens is 2. The fraction of sp³-hybridized carbons (Fsp3) is 0.636. The van der Waals surface area contributed by atoms with Crippen LogP contribution in [0.2, 0.25) is 0 Å². The highest BCUT2D eigenvalue weighted by Gasteiger charge is 2.13. The molecule has 0 aromatic carbocycles. The van der Waals surface area contributed by atoms with Crippen LogP contribution in [-0.2, 0) is 0 Å². The number of thioether (sulfide) groups is 1. The Hall–Kier alpha value is -0.610. The van der Waals surface area contributed by atoms with Gasteiger partial charge >= 0.3 is 0 Å². The molecule has 0 bridgehead atoms. The SMILES string of the molecule is Cc1nccnc1SC[C@H]1CCCNC1. The van der Waals surface area contributed by atoms with Crippen molar-refractivity contribution in [1.82, 2.24) is 15.3 Å². The van der Waals surface area contributed by atoms with Crippen molar-refractivity contribution in [3.8, 4) is 0 Å². The van der Waals surface area contributed by atoms with Crippen molar-refractivity contribution >= 4 is 11.8 Å². The van der Waals surface area contributed by atoms with Gasteiger partial charge in [0.2, 0.25) is 0 Å². The molecule has 1 aromatic rings. The second-order valence-electron chi connectivity index (χ2n) is 3.97. The van der Waals surface area contributed by atoms with E-state index in [9.17, 15) is 0 Å². The van der Waals surface area contributed by atoms with Crippen LogP contribution in [0.3, 0.4) is 0 Å². The Morgan fingerprint density at radius 2 is 2.33 bits per heavy atom. The summed E-state index contributed by atoms with van der Waals surface area (Å²) in [6.07, 6.45) is 6.18. The predicted molar refractivity (Wildman–Crippen MR) is 63.1 cm³/mol. The van der Waals surface area contributed by atoms with E-state index in [-0.39, 0.29) is 0 Å². The fourth-order valence-electron chi connectivity index (χ4n) is 1.80. The van der Waals surface area contributed by atoms with Gasteiger partial charge < -0.3 is 5.32 Å². The fourth-order valence-corrected chi connectivity index (χ4v) is 2.87. The van der Waals surface area contributed by atoms with Crippen LogP contribution in [0.1, 0.15) is 18.5 Å². The zero-order valence-electron chi connectivity index (χ0n) is 9.07. The summed E-state index contributed by atoms with van der Waals surface area (Å²) >= 11 is 1.84. The number of nitrogens with zero attached hydrogens (tertiary/aromatic N) is 2. The molecule has 4 heteroatoms. The molecule has 1 aliphatic heterocycles. The van der Waals surface area contributed by atoms with E-state index in [2.05, 4.69) is 15.3 Å². The van der Waals surface area contributed by atoms with Crippen molar-refractivity contribution in [2.24, 2.45) is 5.92 Å². The van der Waals surface area contributed by atoms with E-state index in [1.807, 2.05) is 18.7 Å². The van der Waals surface area contributed by atoms with Crippen LogP contribution in [0, 0.1) is 12.8 Å². The van der Waals surface area contributed by atoms with Crippen LogP contribution in [0.5, 0.6) is 0 Å². The molecule has 82 valence electrons. The average Bonchev–Trinajstić information content (AvgIpc) is 2.29. The lowest BCUT2D eigenvalue weighted by Gasteiger charge is -2.22.